The third kappa shape index (κ3) is 2.25. The molecular formula is C16H27NS. The van der Waals surface area contributed by atoms with Crippen LogP contribution in [0.25, 0.3) is 0 Å². The highest BCUT2D eigenvalue weighted by Gasteiger charge is 2.64. The van der Waals surface area contributed by atoms with Crippen molar-refractivity contribution in [2.45, 2.75) is 66.5 Å². The van der Waals surface area contributed by atoms with Gasteiger partial charge in [0.2, 0.25) is 0 Å². The minimum absolute atomic E-state index is 0.279. The van der Waals surface area contributed by atoms with Crippen molar-refractivity contribution in [1.82, 2.24) is 5.32 Å². The van der Waals surface area contributed by atoms with Crippen LogP contribution in [-0.4, -0.2) is 6.04 Å². The third-order valence-electron chi connectivity index (χ3n) is 4.90. The molecule has 0 aromatic carbocycles. The number of thiophene rings is 1. The van der Waals surface area contributed by atoms with Gasteiger partial charge in [-0.05, 0) is 28.4 Å². The predicted molar refractivity (Wildman–Crippen MR) is 81.2 cm³/mol. The molecule has 18 heavy (non-hydrogen) atoms. The molecule has 1 fully saturated rings. The molecule has 0 amide bonds. The van der Waals surface area contributed by atoms with E-state index < -0.39 is 0 Å². The Kier molecular flexibility index (Phi) is 3.19. The Morgan fingerprint density at radius 2 is 1.67 bits per heavy atom. The standard InChI is InChI=1S/C16H27NS/c1-14(2,3)12-9-8-11(18-12)10-17-13-15(4,5)16(13,6)7/h8-9,13,17H,10H2,1-7H3. The van der Waals surface area contributed by atoms with Crippen molar-refractivity contribution in [3.8, 4) is 0 Å². The van der Waals surface area contributed by atoms with E-state index in [4.69, 9.17) is 0 Å². The lowest BCUT2D eigenvalue weighted by molar-refractivity contribution is 0.457. The fourth-order valence-electron chi connectivity index (χ4n) is 2.79. The Bertz CT molecular complexity index is 420. The summed E-state index contributed by atoms with van der Waals surface area (Å²) in [4.78, 5) is 2.94. The summed E-state index contributed by atoms with van der Waals surface area (Å²) in [7, 11) is 0. The van der Waals surface area contributed by atoms with E-state index in [1.807, 2.05) is 11.3 Å². The van der Waals surface area contributed by atoms with Crippen LogP contribution >= 0.6 is 11.3 Å². The maximum absolute atomic E-state index is 3.73. The first-order valence-corrected chi connectivity index (χ1v) is 7.71. The average Bonchev–Trinajstić information content (AvgIpc) is 2.58. The van der Waals surface area contributed by atoms with Crippen LogP contribution in [0.3, 0.4) is 0 Å². The normalized spacial score (nSPS) is 22.2. The van der Waals surface area contributed by atoms with Gasteiger partial charge in [-0.3, -0.25) is 0 Å². The minimum Gasteiger partial charge on any atom is -0.308 e. The van der Waals surface area contributed by atoms with E-state index in [9.17, 15) is 0 Å². The first-order chi connectivity index (χ1) is 8.07. The van der Waals surface area contributed by atoms with Crippen molar-refractivity contribution in [3.05, 3.63) is 21.9 Å². The topological polar surface area (TPSA) is 12.0 Å². The van der Waals surface area contributed by atoms with Crippen molar-refractivity contribution in [3.63, 3.8) is 0 Å². The molecule has 102 valence electrons. The second-order valence-electron chi connectivity index (χ2n) is 7.77. The third-order valence-corrected chi connectivity index (χ3v) is 6.41. The highest BCUT2D eigenvalue weighted by Crippen LogP contribution is 2.62. The second kappa shape index (κ2) is 4.08. The maximum atomic E-state index is 3.73. The molecule has 1 saturated carbocycles. The van der Waals surface area contributed by atoms with Crippen LogP contribution in [-0.2, 0) is 12.0 Å². The van der Waals surface area contributed by atoms with Gasteiger partial charge in [0.1, 0.15) is 0 Å². The summed E-state index contributed by atoms with van der Waals surface area (Å²) in [6.07, 6.45) is 0. The van der Waals surface area contributed by atoms with Gasteiger partial charge in [0, 0.05) is 22.3 Å². The molecule has 1 heterocycles. The van der Waals surface area contributed by atoms with Crippen molar-refractivity contribution in [2.75, 3.05) is 0 Å². The Hall–Kier alpha value is -0.340. The summed E-state index contributed by atoms with van der Waals surface area (Å²) < 4.78 is 0. The molecule has 1 N–H and O–H groups in total. The van der Waals surface area contributed by atoms with E-state index >= 15 is 0 Å². The molecule has 0 unspecified atom stereocenters. The molecule has 1 aromatic rings. The number of hydrogen-bond donors (Lipinski definition) is 1. The van der Waals surface area contributed by atoms with Gasteiger partial charge in [-0.2, -0.15) is 0 Å². The monoisotopic (exact) mass is 265 g/mol. The average molecular weight is 265 g/mol. The van der Waals surface area contributed by atoms with Gasteiger partial charge >= 0.3 is 0 Å². The fourth-order valence-corrected chi connectivity index (χ4v) is 3.80. The fraction of sp³-hybridized carbons (Fsp3) is 0.750. The molecule has 0 spiro atoms. The zero-order valence-corrected chi connectivity index (χ0v) is 13.7. The molecule has 1 aromatic heterocycles. The summed E-state index contributed by atoms with van der Waals surface area (Å²) in [6.45, 7) is 17.3. The summed E-state index contributed by atoms with van der Waals surface area (Å²) in [5.74, 6) is 0. The Morgan fingerprint density at radius 1 is 1.11 bits per heavy atom. The maximum Gasteiger partial charge on any atom is 0.0302 e. The van der Waals surface area contributed by atoms with Crippen LogP contribution in [0.15, 0.2) is 12.1 Å². The largest absolute Gasteiger partial charge is 0.308 e. The second-order valence-corrected chi connectivity index (χ2v) is 8.94. The van der Waals surface area contributed by atoms with E-state index in [1.165, 1.54) is 9.75 Å². The Labute approximate surface area is 116 Å². The smallest absolute Gasteiger partial charge is 0.0302 e. The number of nitrogens with one attached hydrogen (secondary N) is 1. The quantitative estimate of drug-likeness (QED) is 0.844. The molecule has 2 heteroatoms. The van der Waals surface area contributed by atoms with E-state index in [0.29, 0.717) is 16.9 Å². The zero-order chi connectivity index (χ0) is 13.8. The van der Waals surface area contributed by atoms with E-state index in [2.05, 4.69) is 65.9 Å². The van der Waals surface area contributed by atoms with Crippen LogP contribution in [0.4, 0.5) is 0 Å². The van der Waals surface area contributed by atoms with Crippen molar-refractivity contribution >= 4 is 11.3 Å². The minimum atomic E-state index is 0.279. The molecule has 0 bridgehead atoms. The van der Waals surface area contributed by atoms with Crippen molar-refractivity contribution < 1.29 is 0 Å². The molecule has 0 atom stereocenters. The van der Waals surface area contributed by atoms with Gasteiger partial charge in [0.05, 0.1) is 0 Å². The van der Waals surface area contributed by atoms with E-state index in [-0.39, 0.29) is 5.41 Å². The Morgan fingerprint density at radius 3 is 2.06 bits per heavy atom. The Balaban J connectivity index is 1.95. The first-order valence-electron chi connectivity index (χ1n) is 6.89. The molecule has 2 rings (SSSR count). The molecule has 0 aliphatic heterocycles. The summed E-state index contributed by atoms with van der Waals surface area (Å²) in [5.41, 5.74) is 1.13. The molecule has 1 aliphatic rings. The van der Waals surface area contributed by atoms with Gasteiger partial charge in [0.15, 0.2) is 0 Å². The van der Waals surface area contributed by atoms with Crippen molar-refractivity contribution in [2.24, 2.45) is 10.8 Å². The lowest BCUT2D eigenvalue weighted by atomic mass is 9.95. The van der Waals surface area contributed by atoms with Crippen LogP contribution < -0.4 is 5.32 Å². The van der Waals surface area contributed by atoms with Crippen LogP contribution in [0.5, 0.6) is 0 Å². The van der Waals surface area contributed by atoms with E-state index in [0.717, 1.165) is 6.54 Å². The van der Waals surface area contributed by atoms with Crippen LogP contribution in [0.1, 0.15) is 58.2 Å². The summed E-state index contributed by atoms with van der Waals surface area (Å²) in [6, 6.07) is 5.20. The highest BCUT2D eigenvalue weighted by molar-refractivity contribution is 7.12. The lowest BCUT2D eigenvalue weighted by Crippen LogP contribution is -2.21. The van der Waals surface area contributed by atoms with Gasteiger partial charge in [-0.1, -0.05) is 48.5 Å². The predicted octanol–water partition coefficient (Wildman–Crippen LogP) is 4.57. The lowest BCUT2D eigenvalue weighted by Gasteiger charge is -2.15. The van der Waals surface area contributed by atoms with Gasteiger partial charge in [0.25, 0.3) is 0 Å². The van der Waals surface area contributed by atoms with Crippen molar-refractivity contribution in [1.29, 1.82) is 0 Å². The molecule has 1 aliphatic carbocycles. The van der Waals surface area contributed by atoms with E-state index in [1.54, 1.807) is 0 Å². The number of hydrogen-bond acceptors (Lipinski definition) is 2. The summed E-state index contributed by atoms with van der Waals surface area (Å²) in [5, 5.41) is 3.73. The first kappa shape index (κ1) is 14.1. The molecule has 0 saturated heterocycles. The molecule has 1 nitrogen and oxygen atoms in total. The number of rotatable bonds is 3. The molecule has 0 radical (unpaired) electrons. The molecular weight excluding hydrogens is 238 g/mol. The highest BCUT2D eigenvalue weighted by atomic mass is 32.1. The van der Waals surface area contributed by atoms with Crippen LogP contribution in [0, 0.1) is 10.8 Å². The van der Waals surface area contributed by atoms with Gasteiger partial charge < -0.3 is 5.32 Å². The zero-order valence-electron chi connectivity index (χ0n) is 12.8. The van der Waals surface area contributed by atoms with Gasteiger partial charge in [-0.15, -0.1) is 11.3 Å². The summed E-state index contributed by atoms with van der Waals surface area (Å²) >= 11 is 1.95. The SMILES string of the molecule is CC(C)(C)c1ccc(CNC2C(C)(C)C2(C)C)s1. The van der Waals surface area contributed by atoms with Crippen LogP contribution in [0.2, 0.25) is 0 Å². The van der Waals surface area contributed by atoms with Gasteiger partial charge in [-0.25, -0.2) is 0 Å².